The van der Waals surface area contributed by atoms with Gasteiger partial charge in [0.25, 0.3) is 0 Å². The summed E-state index contributed by atoms with van der Waals surface area (Å²) in [7, 11) is 1.38. The van der Waals surface area contributed by atoms with Crippen LogP contribution < -0.4 is 11.3 Å². The third-order valence-corrected chi connectivity index (χ3v) is 9.84. The molecule has 0 amide bonds. The summed E-state index contributed by atoms with van der Waals surface area (Å²) in [6.07, 6.45) is -9.03. The highest BCUT2D eigenvalue weighted by Gasteiger charge is 2.46. The first kappa shape index (κ1) is 31.9. The zero-order valence-electron chi connectivity index (χ0n) is 26.1. The molecule has 47 heavy (non-hydrogen) atoms. The number of benzene rings is 3. The number of rotatable bonds is 6. The molecule has 10 atom stereocenters. The maximum absolute atomic E-state index is 13.5. The van der Waals surface area contributed by atoms with Crippen molar-refractivity contribution in [3.8, 4) is 5.75 Å². The summed E-state index contributed by atoms with van der Waals surface area (Å²) in [5.41, 5.74) is -0.250. The standard InChI is InChI=1S/C34H36O13/c1-12-8-9-18-22-20(12)33(40)47-31-21-15(27(37)24(23(22)31)34(41)46-18)6-5-7-16(21)30-17(28(38)25(35)13(2)45-30)10-43-11-19-29(39)32(42-4)26(36)14(3)44-19/h5-9,13-14,17,19,25-26,28-30,32,35-39H,10-11H2,1-4H3/t13-,14-,17-,19-,25+,26+,28-,29+,30+,32+/m1/s1. The van der Waals surface area contributed by atoms with Crippen LogP contribution in [0, 0.1) is 12.8 Å². The van der Waals surface area contributed by atoms with Crippen LogP contribution in [0.15, 0.2) is 48.8 Å². The van der Waals surface area contributed by atoms with Crippen LogP contribution in [0.3, 0.4) is 0 Å². The Bertz CT molecular complexity index is 2080. The van der Waals surface area contributed by atoms with Crippen molar-refractivity contribution in [3.63, 3.8) is 0 Å². The van der Waals surface area contributed by atoms with Gasteiger partial charge in [-0.1, -0.05) is 24.3 Å². The summed E-state index contributed by atoms with van der Waals surface area (Å²) in [4.78, 5) is 26.7. The van der Waals surface area contributed by atoms with Gasteiger partial charge in [0, 0.05) is 34.6 Å². The molecule has 13 heteroatoms. The van der Waals surface area contributed by atoms with E-state index < -0.39 is 72.1 Å². The fourth-order valence-electron chi connectivity index (χ4n) is 7.33. The van der Waals surface area contributed by atoms with Crippen LogP contribution >= 0.6 is 0 Å². The Balaban J connectivity index is 1.35. The fourth-order valence-corrected chi connectivity index (χ4v) is 7.33. The zero-order chi connectivity index (χ0) is 33.5. The quantitative estimate of drug-likeness (QED) is 0.102. The Kier molecular flexibility index (Phi) is 8.01. The molecule has 4 heterocycles. The Morgan fingerprint density at radius 2 is 1.49 bits per heavy atom. The summed E-state index contributed by atoms with van der Waals surface area (Å²) in [6, 6.07) is 8.13. The largest absolute Gasteiger partial charge is 0.506 e. The molecule has 0 radical (unpaired) electrons. The van der Waals surface area contributed by atoms with Crippen molar-refractivity contribution in [2.24, 2.45) is 5.92 Å². The van der Waals surface area contributed by atoms with Gasteiger partial charge in [0.05, 0.1) is 43.0 Å². The smallest absolute Gasteiger partial charge is 0.348 e. The second-order valence-corrected chi connectivity index (χ2v) is 12.6. The first-order valence-electron chi connectivity index (χ1n) is 15.5. The van der Waals surface area contributed by atoms with Gasteiger partial charge in [0.2, 0.25) is 0 Å². The number of aryl methyl sites for hydroxylation is 1. The Morgan fingerprint density at radius 3 is 2.23 bits per heavy atom. The molecule has 2 aliphatic rings. The van der Waals surface area contributed by atoms with E-state index in [0.717, 1.165) is 0 Å². The van der Waals surface area contributed by atoms with Crippen molar-refractivity contribution in [2.75, 3.05) is 20.3 Å². The average molecular weight is 653 g/mol. The predicted molar refractivity (Wildman–Crippen MR) is 168 cm³/mol. The van der Waals surface area contributed by atoms with Crippen LogP contribution in [-0.4, -0.2) is 94.7 Å². The number of methoxy groups -OCH3 is 1. The number of phenolic OH excluding ortho intramolecular Hbond substituents is 1. The fraction of sp³-hybridized carbons (Fsp3) is 0.471. The van der Waals surface area contributed by atoms with Gasteiger partial charge in [-0.05, 0) is 38.0 Å². The summed E-state index contributed by atoms with van der Waals surface area (Å²) in [5.74, 6) is -1.26. The van der Waals surface area contributed by atoms with Crippen LogP contribution in [0.25, 0.3) is 43.5 Å². The maximum Gasteiger partial charge on any atom is 0.348 e. The van der Waals surface area contributed by atoms with Crippen LogP contribution in [0.4, 0.5) is 0 Å². The molecule has 2 saturated heterocycles. The lowest BCUT2D eigenvalue weighted by Gasteiger charge is -2.43. The number of phenols is 1. The molecule has 3 aromatic carbocycles. The molecule has 7 rings (SSSR count). The molecule has 0 unspecified atom stereocenters. The number of aliphatic hydroxyl groups is 4. The van der Waals surface area contributed by atoms with Gasteiger partial charge in [-0.3, -0.25) is 0 Å². The first-order valence-corrected chi connectivity index (χ1v) is 15.5. The molecule has 0 saturated carbocycles. The summed E-state index contributed by atoms with van der Waals surface area (Å²) < 4.78 is 34.8. The van der Waals surface area contributed by atoms with E-state index in [9.17, 15) is 35.1 Å². The van der Waals surface area contributed by atoms with E-state index in [1.807, 2.05) is 0 Å². The molecule has 2 fully saturated rings. The van der Waals surface area contributed by atoms with E-state index in [1.165, 1.54) is 7.11 Å². The minimum atomic E-state index is -1.33. The van der Waals surface area contributed by atoms with Gasteiger partial charge in [0.15, 0.2) is 0 Å². The molecule has 5 aromatic rings. The molecule has 2 aromatic heterocycles. The molecule has 2 aliphatic heterocycles. The Morgan fingerprint density at radius 1 is 0.766 bits per heavy atom. The zero-order valence-corrected chi connectivity index (χ0v) is 26.1. The lowest BCUT2D eigenvalue weighted by molar-refractivity contribution is -0.241. The van der Waals surface area contributed by atoms with Crippen molar-refractivity contribution in [2.45, 2.75) is 75.7 Å². The maximum atomic E-state index is 13.5. The SMILES string of the molecule is CO[C@H]1[C@@H](O)[C@@H](C)O[C@H](COC[C@@H]2[C@@H](O)[C@@H](O)[C@@H](C)O[C@H]2c2cccc3c(O)c4c(=O)oc5ccc(C)c6c(=O)oc(c23)c4c56)[C@@H]1O. The topological polar surface area (TPSA) is 198 Å². The third kappa shape index (κ3) is 4.84. The molecular weight excluding hydrogens is 616 g/mol. The van der Waals surface area contributed by atoms with Gasteiger partial charge in [-0.25, -0.2) is 9.59 Å². The molecule has 0 spiro atoms. The van der Waals surface area contributed by atoms with Crippen molar-refractivity contribution in [3.05, 3.63) is 62.3 Å². The molecule has 250 valence electrons. The second kappa shape index (κ2) is 11.8. The van der Waals surface area contributed by atoms with Crippen molar-refractivity contribution < 1.29 is 53.3 Å². The van der Waals surface area contributed by atoms with E-state index in [4.69, 9.17) is 27.8 Å². The highest BCUT2D eigenvalue weighted by atomic mass is 16.6. The number of aliphatic hydroxyl groups excluding tert-OH is 4. The van der Waals surface area contributed by atoms with E-state index in [1.54, 1.807) is 51.1 Å². The Labute approximate surface area is 266 Å². The number of hydrogen-bond acceptors (Lipinski definition) is 13. The highest BCUT2D eigenvalue weighted by Crippen LogP contribution is 2.47. The second-order valence-electron chi connectivity index (χ2n) is 12.6. The van der Waals surface area contributed by atoms with Crippen LogP contribution in [0.1, 0.15) is 31.1 Å². The van der Waals surface area contributed by atoms with E-state index >= 15 is 0 Å². The molecule has 5 N–H and O–H groups in total. The Hall–Kier alpha value is -3.66. The highest BCUT2D eigenvalue weighted by molar-refractivity contribution is 6.28. The number of hydrogen-bond donors (Lipinski definition) is 5. The number of ether oxygens (including phenoxy) is 4. The number of fused-ring (bicyclic) bond motifs is 2. The summed E-state index contributed by atoms with van der Waals surface area (Å²) >= 11 is 0. The van der Waals surface area contributed by atoms with E-state index in [0.29, 0.717) is 16.5 Å². The van der Waals surface area contributed by atoms with Gasteiger partial charge in [-0.15, -0.1) is 0 Å². The van der Waals surface area contributed by atoms with E-state index in [2.05, 4.69) is 0 Å². The molecule has 0 bridgehead atoms. The minimum absolute atomic E-state index is 0.0396. The minimum Gasteiger partial charge on any atom is -0.506 e. The molecule has 13 nitrogen and oxygen atoms in total. The molecular formula is C34H36O13. The van der Waals surface area contributed by atoms with Crippen LogP contribution in [0.5, 0.6) is 5.75 Å². The average Bonchev–Trinajstić information content (AvgIpc) is 3.04. The summed E-state index contributed by atoms with van der Waals surface area (Å²) in [6.45, 7) is 4.69. The summed E-state index contributed by atoms with van der Waals surface area (Å²) in [5, 5.41) is 55.9. The van der Waals surface area contributed by atoms with Crippen LogP contribution in [-0.2, 0) is 18.9 Å². The van der Waals surface area contributed by atoms with Gasteiger partial charge < -0.3 is 53.3 Å². The number of aromatic hydroxyl groups is 1. The monoisotopic (exact) mass is 652 g/mol. The van der Waals surface area contributed by atoms with Crippen molar-refractivity contribution in [1.82, 2.24) is 0 Å². The van der Waals surface area contributed by atoms with E-state index in [-0.39, 0.29) is 57.1 Å². The van der Waals surface area contributed by atoms with Gasteiger partial charge >= 0.3 is 11.3 Å². The van der Waals surface area contributed by atoms with Gasteiger partial charge in [0.1, 0.15) is 52.8 Å². The molecule has 0 aliphatic carbocycles. The third-order valence-electron chi connectivity index (χ3n) is 9.84. The van der Waals surface area contributed by atoms with Crippen LogP contribution in [0.2, 0.25) is 0 Å². The van der Waals surface area contributed by atoms with Crippen molar-refractivity contribution >= 4 is 43.5 Å². The normalized spacial score (nSPS) is 31.8. The van der Waals surface area contributed by atoms with Crippen molar-refractivity contribution in [1.29, 1.82) is 0 Å². The van der Waals surface area contributed by atoms with Gasteiger partial charge in [-0.2, -0.15) is 0 Å². The lowest BCUT2D eigenvalue weighted by Crippen LogP contribution is -2.58. The predicted octanol–water partition coefficient (Wildman–Crippen LogP) is 2.00. The first-order chi connectivity index (χ1) is 22.4. The lowest BCUT2D eigenvalue weighted by atomic mass is 9.82.